The maximum atomic E-state index is 14.5. The number of carbonyl (C=O) groups is 1. The SMILES string of the molecule is CN(Cc1cc(-c2cccnc2F)c(S(=O)(=O)c2ccnc(Cl)c2)s1)C(=O)OC(C)(C)C.CNCc1cc(-c2cccnc2F)c(S(=O)(=O)c2ccnc(Cl)c2)s1.Cl. The first kappa shape index (κ1) is 46.5. The molecular formula is C37H35Cl3F2N6O6S4. The molecule has 6 rings (SSSR count). The molecule has 21 heteroatoms. The van der Waals surface area contributed by atoms with E-state index in [4.69, 9.17) is 27.9 Å². The van der Waals surface area contributed by atoms with E-state index >= 15 is 0 Å². The van der Waals surface area contributed by atoms with E-state index in [1.54, 1.807) is 46.0 Å². The average Bonchev–Trinajstić information content (AvgIpc) is 3.77. The van der Waals surface area contributed by atoms with Crippen LogP contribution in [0.1, 0.15) is 30.5 Å². The second-order valence-corrected chi connectivity index (χ2v) is 20.4. The molecule has 0 fully saturated rings. The van der Waals surface area contributed by atoms with E-state index < -0.39 is 43.3 Å². The van der Waals surface area contributed by atoms with Gasteiger partial charge in [0.2, 0.25) is 31.6 Å². The van der Waals surface area contributed by atoms with Crippen LogP contribution in [0, 0.1) is 11.9 Å². The number of amides is 1. The smallest absolute Gasteiger partial charge is 0.410 e. The molecule has 6 heterocycles. The fraction of sp³-hybridized carbons (Fsp3) is 0.216. The Balaban J connectivity index is 0.000000259. The average molecular weight is 932 g/mol. The van der Waals surface area contributed by atoms with Gasteiger partial charge in [-0.05, 0) is 88.5 Å². The maximum absolute atomic E-state index is 14.5. The number of nitrogens with zero attached hydrogens (tertiary/aromatic N) is 5. The number of hydrogen-bond donors (Lipinski definition) is 1. The number of hydrogen-bond acceptors (Lipinski definition) is 13. The lowest BCUT2D eigenvalue weighted by Crippen LogP contribution is -2.33. The number of halogens is 5. The van der Waals surface area contributed by atoms with Crippen molar-refractivity contribution in [1.29, 1.82) is 0 Å². The van der Waals surface area contributed by atoms with Gasteiger partial charge in [-0.2, -0.15) is 8.78 Å². The van der Waals surface area contributed by atoms with Gasteiger partial charge in [0.05, 0.1) is 16.3 Å². The highest BCUT2D eigenvalue weighted by Gasteiger charge is 2.30. The molecule has 0 spiro atoms. The van der Waals surface area contributed by atoms with Gasteiger partial charge in [0.25, 0.3) is 0 Å². The van der Waals surface area contributed by atoms with Crippen molar-refractivity contribution in [2.75, 3.05) is 14.1 Å². The first-order valence-corrected chi connectivity index (χ1v) is 22.0. The number of nitrogens with one attached hydrogen (secondary N) is 1. The predicted octanol–water partition coefficient (Wildman–Crippen LogP) is 9.17. The molecule has 6 aromatic rings. The van der Waals surface area contributed by atoms with Crippen LogP contribution in [0.2, 0.25) is 10.3 Å². The molecular weight excluding hydrogens is 897 g/mol. The predicted molar refractivity (Wildman–Crippen MR) is 222 cm³/mol. The fourth-order valence-electron chi connectivity index (χ4n) is 5.09. The molecule has 0 atom stereocenters. The van der Waals surface area contributed by atoms with E-state index in [9.17, 15) is 30.4 Å². The van der Waals surface area contributed by atoms with Crippen LogP contribution in [0.5, 0.6) is 0 Å². The van der Waals surface area contributed by atoms with Crippen LogP contribution in [0.4, 0.5) is 13.6 Å². The summed E-state index contributed by atoms with van der Waals surface area (Å²) < 4.78 is 86.9. The Morgan fingerprint density at radius 3 is 1.60 bits per heavy atom. The van der Waals surface area contributed by atoms with Crippen molar-refractivity contribution in [2.45, 2.75) is 57.7 Å². The van der Waals surface area contributed by atoms with Crippen molar-refractivity contribution in [3.63, 3.8) is 0 Å². The molecule has 0 aliphatic rings. The van der Waals surface area contributed by atoms with Gasteiger partial charge in [-0.15, -0.1) is 35.1 Å². The van der Waals surface area contributed by atoms with Crippen LogP contribution in [0.3, 0.4) is 0 Å². The second-order valence-electron chi connectivity index (χ2n) is 13.0. The van der Waals surface area contributed by atoms with Crippen molar-refractivity contribution in [1.82, 2.24) is 30.2 Å². The Hall–Kier alpha value is -4.14. The monoisotopic (exact) mass is 930 g/mol. The molecule has 0 bridgehead atoms. The van der Waals surface area contributed by atoms with Gasteiger partial charge in [0.1, 0.15) is 24.3 Å². The van der Waals surface area contributed by atoms with Crippen LogP contribution < -0.4 is 5.32 Å². The van der Waals surface area contributed by atoms with Crippen LogP contribution in [-0.2, 0) is 37.5 Å². The van der Waals surface area contributed by atoms with Crippen molar-refractivity contribution in [3.8, 4) is 22.3 Å². The highest BCUT2D eigenvalue weighted by Crippen LogP contribution is 2.41. The summed E-state index contributed by atoms with van der Waals surface area (Å²) in [7, 11) is -4.65. The standard InChI is InChI=1S/C21H21ClFN3O4S2.C16H13ClFN3O2S2.ClH/c1-21(2,3)30-20(27)26(4)12-13-10-16(15-6-5-8-25-18(15)23)19(31-13)32(28,29)14-7-9-24-17(22)11-14;1-19-9-10-7-13(12-3-2-5-21-15(12)18)16(24-10)25(22,23)11-4-6-20-14(17)8-11;/h5-11H,12H2,1-4H3;2-8,19H,9H2,1H3;1H. The number of ether oxygens (including phenoxy) is 1. The van der Waals surface area contributed by atoms with E-state index in [0.29, 0.717) is 11.4 Å². The van der Waals surface area contributed by atoms with Crippen LogP contribution in [-0.4, -0.2) is 67.5 Å². The molecule has 0 unspecified atom stereocenters. The number of pyridine rings is 4. The summed E-state index contributed by atoms with van der Waals surface area (Å²) >= 11 is 13.7. The third kappa shape index (κ3) is 11.1. The first-order valence-electron chi connectivity index (χ1n) is 16.6. The number of rotatable bonds is 10. The van der Waals surface area contributed by atoms with Gasteiger partial charge < -0.3 is 15.0 Å². The summed E-state index contributed by atoms with van der Waals surface area (Å²) in [5, 5.41) is 3.05. The number of carbonyl (C=O) groups excluding carboxylic acids is 1. The van der Waals surface area contributed by atoms with E-state index in [-0.39, 0.29) is 69.7 Å². The summed E-state index contributed by atoms with van der Waals surface area (Å²) in [6.07, 6.45) is 4.63. The van der Waals surface area contributed by atoms with Crippen molar-refractivity contribution in [3.05, 3.63) is 117 Å². The van der Waals surface area contributed by atoms with E-state index in [1.165, 1.54) is 79.2 Å². The highest BCUT2D eigenvalue weighted by atomic mass is 35.5. The minimum absolute atomic E-state index is 0. The van der Waals surface area contributed by atoms with Crippen LogP contribution in [0.25, 0.3) is 22.3 Å². The molecule has 58 heavy (non-hydrogen) atoms. The van der Waals surface area contributed by atoms with Gasteiger partial charge >= 0.3 is 6.09 Å². The molecule has 0 aliphatic heterocycles. The molecule has 12 nitrogen and oxygen atoms in total. The van der Waals surface area contributed by atoms with Gasteiger partial charge in [-0.3, -0.25) is 0 Å². The lowest BCUT2D eigenvalue weighted by molar-refractivity contribution is 0.0286. The summed E-state index contributed by atoms with van der Waals surface area (Å²) in [6.45, 7) is 5.78. The Morgan fingerprint density at radius 1 is 0.741 bits per heavy atom. The third-order valence-electron chi connectivity index (χ3n) is 7.55. The number of sulfone groups is 2. The number of thiophene rings is 2. The van der Waals surface area contributed by atoms with Crippen LogP contribution in [0.15, 0.2) is 104 Å². The van der Waals surface area contributed by atoms with Crippen molar-refractivity contribution in [2.24, 2.45) is 0 Å². The minimum atomic E-state index is -4.06. The second kappa shape index (κ2) is 19.3. The zero-order chi connectivity index (χ0) is 41.7. The summed E-state index contributed by atoms with van der Waals surface area (Å²) in [6, 6.07) is 14.4. The molecule has 0 aliphatic carbocycles. The Morgan fingerprint density at radius 2 is 1.19 bits per heavy atom. The zero-order valence-electron chi connectivity index (χ0n) is 31.2. The molecule has 0 saturated carbocycles. The molecule has 1 amide bonds. The summed E-state index contributed by atoms with van der Waals surface area (Å²) in [5.74, 6) is -1.53. The highest BCUT2D eigenvalue weighted by molar-refractivity contribution is 7.94. The molecule has 6 aromatic heterocycles. The molecule has 0 aromatic carbocycles. The van der Waals surface area contributed by atoms with E-state index in [0.717, 1.165) is 27.6 Å². The van der Waals surface area contributed by atoms with E-state index in [1.807, 2.05) is 0 Å². The molecule has 0 radical (unpaired) electrons. The molecule has 308 valence electrons. The zero-order valence-corrected chi connectivity index (χ0v) is 36.8. The normalized spacial score (nSPS) is 11.6. The minimum Gasteiger partial charge on any atom is -0.444 e. The lowest BCUT2D eigenvalue weighted by Gasteiger charge is -2.24. The van der Waals surface area contributed by atoms with E-state index in [2.05, 4.69) is 25.3 Å². The van der Waals surface area contributed by atoms with Gasteiger partial charge in [-0.25, -0.2) is 41.6 Å². The largest absolute Gasteiger partial charge is 0.444 e. The molecule has 0 saturated heterocycles. The Kier molecular flexibility index (Phi) is 15.5. The quantitative estimate of drug-likeness (QED) is 0.130. The topological polar surface area (TPSA) is 161 Å². The van der Waals surface area contributed by atoms with Crippen molar-refractivity contribution < 1.29 is 35.1 Å². The molecule has 1 N–H and O–H groups in total. The van der Waals surface area contributed by atoms with Crippen molar-refractivity contribution >= 4 is 84.1 Å². The third-order valence-corrected chi connectivity index (χ3v) is 14.8. The number of aromatic nitrogens is 4. The van der Waals surface area contributed by atoms with Gasteiger partial charge in [0.15, 0.2) is 0 Å². The van der Waals surface area contributed by atoms with Gasteiger partial charge in [-0.1, -0.05) is 23.2 Å². The van der Waals surface area contributed by atoms with Gasteiger partial charge in [0, 0.05) is 70.4 Å². The Labute approximate surface area is 358 Å². The lowest BCUT2D eigenvalue weighted by atomic mass is 10.1. The maximum Gasteiger partial charge on any atom is 0.410 e. The Bertz CT molecular complexity index is 2640. The summed E-state index contributed by atoms with van der Waals surface area (Å²) in [5.41, 5.74) is -0.0664. The van der Waals surface area contributed by atoms with Crippen LogP contribution >= 0.6 is 58.3 Å². The fourth-order valence-corrected chi connectivity index (χ4v) is 11.9. The summed E-state index contributed by atoms with van der Waals surface area (Å²) in [4.78, 5) is 29.7. The first-order chi connectivity index (χ1) is 26.8.